The first-order chi connectivity index (χ1) is 11.8. The molecule has 1 amide bonds. The molecule has 0 saturated carbocycles. The second-order valence-corrected chi connectivity index (χ2v) is 5.81. The Bertz CT molecular complexity index is 844. The molecule has 2 aromatic heterocycles. The van der Waals surface area contributed by atoms with Crippen molar-refractivity contribution in [2.24, 2.45) is 0 Å². The van der Waals surface area contributed by atoms with Gasteiger partial charge in [-0.2, -0.15) is 0 Å². The van der Waals surface area contributed by atoms with Crippen LogP contribution in [0, 0.1) is 0 Å². The molecule has 0 radical (unpaired) electrons. The third kappa shape index (κ3) is 2.78. The quantitative estimate of drug-likeness (QED) is 0.740. The molecule has 6 heteroatoms. The van der Waals surface area contributed by atoms with Crippen molar-refractivity contribution in [3.8, 4) is 0 Å². The molecule has 0 fully saturated rings. The van der Waals surface area contributed by atoms with Crippen LogP contribution >= 0.6 is 0 Å². The second-order valence-electron chi connectivity index (χ2n) is 5.81. The molecule has 1 aliphatic rings. The van der Waals surface area contributed by atoms with Crippen molar-refractivity contribution in [3.05, 3.63) is 77.6 Å². The van der Waals surface area contributed by atoms with Crippen LogP contribution in [0.2, 0.25) is 0 Å². The maximum Gasteiger partial charge on any atom is 0.255 e. The molecule has 1 aliphatic heterocycles. The van der Waals surface area contributed by atoms with Crippen LogP contribution in [0.5, 0.6) is 0 Å². The number of aromatic nitrogens is 4. The van der Waals surface area contributed by atoms with Crippen LogP contribution in [0.3, 0.4) is 0 Å². The Kier molecular flexibility index (Phi) is 3.78. The maximum absolute atomic E-state index is 12.5. The summed E-state index contributed by atoms with van der Waals surface area (Å²) in [6.07, 6.45) is 4.02. The van der Waals surface area contributed by atoms with Crippen LogP contribution < -0.4 is 0 Å². The molecule has 0 saturated heterocycles. The third-order valence-electron chi connectivity index (χ3n) is 4.23. The molecule has 0 bridgehead atoms. The van der Waals surface area contributed by atoms with E-state index in [1.807, 2.05) is 18.2 Å². The van der Waals surface area contributed by atoms with Gasteiger partial charge in [-0.1, -0.05) is 30.3 Å². The van der Waals surface area contributed by atoms with Gasteiger partial charge in [0, 0.05) is 31.9 Å². The molecule has 120 valence electrons. The smallest absolute Gasteiger partial charge is 0.255 e. The van der Waals surface area contributed by atoms with Gasteiger partial charge in [-0.25, -0.2) is 0 Å². The minimum Gasteiger partial charge on any atom is -0.329 e. The molecule has 0 atom stereocenters. The van der Waals surface area contributed by atoms with E-state index in [0.29, 0.717) is 18.7 Å². The third-order valence-corrected chi connectivity index (χ3v) is 4.23. The Morgan fingerprint density at radius 3 is 2.71 bits per heavy atom. The number of pyridine rings is 1. The monoisotopic (exact) mass is 319 g/mol. The SMILES string of the molecule is O=C(c1cccnc1)N1CCn2c(Cc3ccccc3)nnc2C1. The van der Waals surface area contributed by atoms with Gasteiger partial charge in [-0.3, -0.25) is 9.78 Å². The van der Waals surface area contributed by atoms with Crippen molar-refractivity contribution in [2.75, 3.05) is 6.54 Å². The molecule has 3 heterocycles. The number of fused-ring (bicyclic) bond motifs is 1. The van der Waals surface area contributed by atoms with Gasteiger partial charge in [-0.05, 0) is 17.7 Å². The predicted molar refractivity (Wildman–Crippen MR) is 88.2 cm³/mol. The minimum absolute atomic E-state index is 0.0121. The van der Waals surface area contributed by atoms with Gasteiger partial charge in [0.25, 0.3) is 5.91 Å². The van der Waals surface area contributed by atoms with Crippen LogP contribution in [0.15, 0.2) is 54.9 Å². The zero-order valence-electron chi connectivity index (χ0n) is 13.2. The van der Waals surface area contributed by atoms with E-state index < -0.39 is 0 Å². The Balaban J connectivity index is 1.52. The fraction of sp³-hybridized carbons (Fsp3) is 0.222. The number of hydrogen-bond acceptors (Lipinski definition) is 4. The molecule has 24 heavy (non-hydrogen) atoms. The topological polar surface area (TPSA) is 63.9 Å². The first-order valence-electron chi connectivity index (χ1n) is 7.95. The molecule has 0 spiro atoms. The van der Waals surface area contributed by atoms with Gasteiger partial charge < -0.3 is 9.47 Å². The van der Waals surface area contributed by atoms with E-state index in [1.165, 1.54) is 5.56 Å². The molecule has 0 unspecified atom stereocenters. The van der Waals surface area contributed by atoms with E-state index in [2.05, 4.69) is 31.9 Å². The Labute approximate surface area is 139 Å². The first-order valence-corrected chi connectivity index (χ1v) is 7.95. The zero-order chi connectivity index (χ0) is 16.4. The summed E-state index contributed by atoms with van der Waals surface area (Å²) in [6, 6.07) is 13.8. The summed E-state index contributed by atoms with van der Waals surface area (Å²) in [5.41, 5.74) is 1.82. The average molecular weight is 319 g/mol. The molecule has 3 aromatic rings. The Hall–Kier alpha value is -3.02. The van der Waals surface area contributed by atoms with Crippen molar-refractivity contribution in [1.29, 1.82) is 0 Å². The number of carbonyl (C=O) groups is 1. The number of benzene rings is 1. The molecular weight excluding hydrogens is 302 g/mol. The van der Waals surface area contributed by atoms with Gasteiger partial charge in [0.2, 0.25) is 0 Å². The fourth-order valence-corrected chi connectivity index (χ4v) is 2.97. The van der Waals surface area contributed by atoms with Gasteiger partial charge >= 0.3 is 0 Å². The van der Waals surface area contributed by atoms with E-state index in [1.54, 1.807) is 29.4 Å². The van der Waals surface area contributed by atoms with E-state index in [9.17, 15) is 4.79 Å². The minimum atomic E-state index is -0.0121. The lowest BCUT2D eigenvalue weighted by atomic mass is 10.1. The van der Waals surface area contributed by atoms with E-state index in [-0.39, 0.29) is 5.91 Å². The predicted octanol–water partition coefficient (Wildman–Crippen LogP) is 1.92. The lowest BCUT2D eigenvalue weighted by Crippen LogP contribution is -2.38. The van der Waals surface area contributed by atoms with Gasteiger partial charge in [0.1, 0.15) is 5.82 Å². The van der Waals surface area contributed by atoms with Gasteiger partial charge in [0.15, 0.2) is 5.82 Å². The van der Waals surface area contributed by atoms with E-state index >= 15 is 0 Å². The highest BCUT2D eigenvalue weighted by Gasteiger charge is 2.25. The van der Waals surface area contributed by atoms with Crippen LogP contribution in [0.25, 0.3) is 0 Å². The summed E-state index contributed by atoms with van der Waals surface area (Å²) in [7, 11) is 0. The summed E-state index contributed by atoms with van der Waals surface area (Å²) in [5, 5.41) is 8.60. The first kappa shape index (κ1) is 14.6. The molecule has 4 rings (SSSR count). The highest BCUT2D eigenvalue weighted by Crippen LogP contribution is 2.17. The van der Waals surface area contributed by atoms with Crippen LogP contribution in [-0.2, 0) is 19.5 Å². The zero-order valence-corrected chi connectivity index (χ0v) is 13.2. The van der Waals surface area contributed by atoms with Crippen molar-refractivity contribution in [2.45, 2.75) is 19.5 Å². The summed E-state index contributed by atoms with van der Waals surface area (Å²) in [4.78, 5) is 18.3. The maximum atomic E-state index is 12.5. The van der Waals surface area contributed by atoms with Gasteiger partial charge in [-0.15, -0.1) is 10.2 Å². The summed E-state index contributed by atoms with van der Waals surface area (Å²) in [5.74, 6) is 1.77. The molecule has 6 nitrogen and oxygen atoms in total. The number of amides is 1. The molecule has 0 aliphatic carbocycles. The van der Waals surface area contributed by atoms with Gasteiger partial charge in [0.05, 0.1) is 12.1 Å². The van der Waals surface area contributed by atoms with Crippen molar-refractivity contribution >= 4 is 5.91 Å². The van der Waals surface area contributed by atoms with E-state index in [4.69, 9.17) is 0 Å². The van der Waals surface area contributed by atoms with Crippen molar-refractivity contribution in [1.82, 2.24) is 24.6 Å². The van der Waals surface area contributed by atoms with Crippen LogP contribution in [-0.4, -0.2) is 37.1 Å². The second kappa shape index (κ2) is 6.23. The fourth-order valence-electron chi connectivity index (χ4n) is 2.97. The Morgan fingerprint density at radius 2 is 1.92 bits per heavy atom. The van der Waals surface area contributed by atoms with Crippen molar-refractivity contribution < 1.29 is 4.79 Å². The average Bonchev–Trinajstić information content (AvgIpc) is 3.05. The molecular formula is C18H17N5O. The largest absolute Gasteiger partial charge is 0.329 e. The van der Waals surface area contributed by atoms with Crippen LogP contribution in [0.4, 0.5) is 0 Å². The number of rotatable bonds is 3. The highest BCUT2D eigenvalue weighted by atomic mass is 16.2. The molecule has 0 N–H and O–H groups in total. The summed E-state index contributed by atoms with van der Waals surface area (Å²) in [6.45, 7) is 1.85. The highest BCUT2D eigenvalue weighted by molar-refractivity contribution is 5.93. The molecule has 1 aromatic carbocycles. The van der Waals surface area contributed by atoms with Crippen molar-refractivity contribution in [3.63, 3.8) is 0 Å². The number of hydrogen-bond donors (Lipinski definition) is 0. The van der Waals surface area contributed by atoms with Crippen LogP contribution in [0.1, 0.15) is 27.6 Å². The lowest BCUT2D eigenvalue weighted by Gasteiger charge is -2.27. The number of nitrogens with zero attached hydrogens (tertiary/aromatic N) is 5. The summed E-state index contributed by atoms with van der Waals surface area (Å²) < 4.78 is 2.13. The Morgan fingerprint density at radius 1 is 1.04 bits per heavy atom. The normalized spacial score (nSPS) is 13.6. The lowest BCUT2D eigenvalue weighted by molar-refractivity contribution is 0.0706. The summed E-state index contributed by atoms with van der Waals surface area (Å²) >= 11 is 0. The standard InChI is InChI=1S/C18H17N5O/c24-18(15-7-4-8-19-12-15)22-9-10-23-16(20-21-17(23)13-22)11-14-5-2-1-3-6-14/h1-8,12H,9-11,13H2. The van der Waals surface area contributed by atoms with E-state index in [0.717, 1.165) is 24.6 Å². The number of carbonyl (C=O) groups excluding carboxylic acids is 1.